The van der Waals surface area contributed by atoms with Crippen LogP contribution in [0.25, 0.3) is 0 Å². The summed E-state index contributed by atoms with van der Waals surface area (Å²) < 4.78 is 0. The van der Waals surface area contributed by atoms with Crippen molar-refractivity contribution in [3.8, 4) is 0 Å². The van der Waals surface area contributed by atoms with Gasteiger partial charge in [-0.1, -0.05) is 24.3 Å². The lowest BCUT2D eigenvalue weighted by atomic mass is 9.99. The lowest BCUT2D eigenvalue weighted by Gasteiger charge is -2.31. The molecule has 0 spiro atoms. The average molecular weight is 338 g/mol. The molecule has 0 unspecified atom stereocenters. The predicted octanol–water partition coefficient (Wildman–Crippen LogP) is 2.32. The van der Waals surface area contributed by atoms with Crippen molar-refractivity contribution in [2.24, 2.45) is 0 Å². The maximum atomic E-state index is 12.4. The molecule has 1 aromatic carbocycles. The van der Waals surface area contributed by atoms with Gasteiger partial charge < -0.3 is 10.2 Å². The third-order valence-electron chi connectivity index (χ3n) is 4.59. The Balaban J connectivity index is 1.54. The summed E-state index contributed by atoms with van der Waals surface area (Å²) in [5, 5.41) is 3.08. The molecule has 0 aliphatic carbocycles. The summed E-state index contributed by atoms with van der Waals surface area (Å²) in [5.41, 5.74) is 3.44. The van der Waals surface area contributed by atoms with Crippen molar-refractivity contribution in [3.05, 3.63) is 59.3 Å². The van der Waals surface area contributed by atoms with Crippen LogP contribution in [0.5, 0.6) is 0 Å². The zero-order chi connectivity index (χ0) is 17.8. The van der Waals surface area contributed by atoms with Crippen LogP contribution in [0.3, 0.4) is 0 Å². The Bertz CT molecular complexity index is 727. The van der Waals surface area contributed by atoms with Crippen LogP contribution in [0, 0.1) is 0 Å². The highest BCUT2D eigenvalue weighted by Gasteiger charge is 2.19. The highest BCUT2D eigenvalue weighted by Crippen LogP contribution is 2.18. The second-order valence-electron chi connectivity index (χ2n) is 6.93. The molecule has 1 aliphatic rings. The fourth-order valence-electron chi connectivity index (χ4n) is 3.23. The fourth-order valence-corrected chi connectivity index (χ4v) is 3.23. The molecule has 1 aliphatic heterocycles. The molecular formula is C20H26N4O. The molecule has 1 N–H and O–H groups in total. The van der Waals surface area contributed by atoms with Crippen molar-refractivity contribution in [1.82, 2.24) is 15.2 Å². The summed E-state index contributed by atoms with van der Waals surface area (Å²) in [6.45, 7) is 4.90. The SMILES string of the molecule is C[C@@H](CN1CCc2ccccc2C1)NC(=O)c1ccc(N(C)C)nc1. The number of carbonyl (C=O) groups excluding carboxylic acids is 1. The molecule has 0 bridgehead atoms. The highest BCUT2D eigenvalue weighted by atomic mass is 16.1. The smallest absolute Gasteiger partial charge is 0.253 e. The molecule has 5 nitrogen and oxygen atoms in total. The summed E-state index contributed by atoms with van der Waals surface area (Å²) in [7, 11) is 3.86. The van der Waals surface area contributed by atoms with E-state index in [0.717, 1.165) is 31.9 Å². The van der Waals surface area contributed by atoms with Gasteiger partial charge in [0.05, 0.1) is 5.56 Å². The Morgan fingerprint density at radius 1 is 1.24 bits per heavy atom. The van der Waals surface area contributed by atoms with Crippen molar-refractivity contribution in [3.63, 3.8) is 0 Å². The van der Waals surface area contributed by atoms with E-state index in [-0.39, 0.29) is 11.9 Å². The number of nitrogens with zero attached hydrogens (tertiary/aromatic N) is 3. The van der Waals surface area contributed by atoms with Gasteiger partial charge in [0.15, 0.2) is 0 Å². The van der Waals surface area contributed by atoms with Gasteiger partial charge in [0.25, 0.3) is 5.91 Å². The van der Waals surface area contributed by atoms with Crippen LogP contribution in [-0.2, 0) is 13.0 Å². The van der Waals surface area contributed by atoms with Crippen LogP contribution in [0.15, 0.2) is 42.6 Å². The molecule has 2 aromatic rings. The van der Waals surface area contributed by atoms with Gasteiger partial charge in [-0.25, -0.2) is 4.98 Å². The van der Waals surface area contributed by atoms with E-state index >= 15 is 0 Å². The Morgan fingerprint density at radius 3 is 2.68 bits per heavy atom. The van der Waals surface area contributed by atoms with Crippen LogP contribution in [0.1, 0.15) is 28.4 Å². The standard InChI is InChI=1S/C20H26N4O/c1-15(13-24-11-10-16-6-4-5-7-18(16)14-24)22-20(25)17-8-9-19(21-12-17)23(2)3/h4-9,12,15H,10-11,13-14H2,1-3H3,(H,22,25)/t15-/m0/s1. The normalized spacial score (nSPS) is 15.3. The lowest BCUT2D eigenvalue weighted by Crippen LogP contribution is -2.43. The molecule has 3 rings (SSSR count). The first-order valence-electron chi connectivity index (χ1n) is 8.76. The quantitative estimate of drug-likeness (QED) is 0.909. The van der Waals surface area contributed by atoms with E-state index in [1.54, 1.807) is 6.20 Å². The van der Waals surface area contributed by atoms with Gasteiger partial charge in [-0.05, 0) is 36.6 Å². The summed E-state index contributed by atoms with van der Waals surface area (Å²) in [5.74, 6) is 0.777. The van der Waals surface area contributed by atoms with Gasteiger partial charge in [0.2, 0.25) is 0 Å². The molecule has 2 heterocycles. The second kappa shape index (κ2) is 7.66. The summed E-state index contributed by atoms with van der Waals surface area (Å²) in [4.78, 5) is 21.0. The van der Waals surface area contributed by atoms with Crippen molar-refractivity contribution in [2.75, 3.05) is 32.1 Å². The van der Waals surface area contributed by atoms with Crippen molar-refractivity contribution < 1.29 is 4.79 Å². The summed E-state index contributed by atoms with van der Waals surface area (Å²) in [6.07, 6.45) is 2.71. The Kier molecular flexibility index (Phi) is 5.34. The maximum Gasteiger partial charge on any atom is 0.253 e. The third kappa shape index (κ3) is 4.37. The van der Waals surface area contributed by atoms with E-state index in [0.29, 0.717) is 5.56 Å². The van der Waals surface area contributed by atoms with Gasteiger partial charge >= 0.3 is 0 Å². The summed E-state index contributed by atoms with van der Waals surface area (Å²) in [6, 6.07) is 12.4. The van der Waals surface area contributed by atoms with E-state index in [1.165, 1.54) is 11.1 Å². The number of benzene rings is 1. The molecule has 0 fully saturated rings. The number of pyridine rings is 1. The van der Waals surface area contributed by atoms with Gasteiger partial charge in [-0.2, -0.15) is 0 Å². The molecule has 0 saturated carbocycles. The van der Waals surface area contributed by atoms with E-state index in [1.807, 2.05) is 31.1 Å². The minimum Gasteiger partial charge on any atom is -0.363 e. The zero-order valence-electron chi connectivity index (χ0n) is 15.2. The number of aromatic nitrogens is 1. The first-order valence-corrected chi connectivity index (χ1v) is 8.76. The third-order valence-corrected chi connectivity index (χ3v) is 4.59. The van der Waals surface area contributed by atoms with Crippen LogP contribution in [0.2, 0.25) is 0 Å². The van der Waals surface area contributed by atoms with Gasteiger partial charge in [-0.15, -0.1) is 0 Å². The average Bonchev–Trinajstić information content (AvgIpc) is 2.61. The number of rotatable bonds is 5. The van der Waals surface area contributed by atoms with Crippen molar-refractivity contribution >= 4 is 11.7 Å². The second-order valence-corrected chi connectivity index (χ2v) is 6.93. The number of fused-ring (bicyclic) bond motifs is 1. The molecule has 5 heteroatoms. The summed E-state index contributed by atoms with van der Waals surface area (Å²) >= 11 is 0. The number of amides is 1. The zero-order valence-corrected chi connectivity index (χ0v) is 15.2. The minimum atomic E-state index is -0.0669. The number of hydrogen-bond acceptors (Lipinski definition) is 4. The van der Waals surface area contributed by atoms with Crippen LogP contribution < -0.4 is 10.2 Å². The van der Waals surface area contributed by atoms with Crippen molar-refractivity contribution in [1.29, 1.82) is 0 Å². The topological polar surface area (TPSA) is 48.5 Å². The maximum absolute atomic E-state index is 12.4. The molecule has 1 aromatic heterocycles. The number of anilines is 1. The number of carbonyl (C=O) groups is 1. The molecular weight excluding hydrogens is 312 g/mol. The largest absolute Gasteiger partial charge is 0.363 e. The van der Waals surface area contributed by atoms with E-state index < -0.39 is 0 Å². The van der Waals surface area contributed by atoms with E-state index in [4.69, 9.17) is 0 Å². The molecule has 0 radical (unpaired) electrons. The number of nitrogens with one attached hydrogen (secondary N) is 1. The van der Waals surface area contributed by atoms with Crippen molar-refractivity contribution in [2.45, 2.75) is 25.9 Å². The minimum absolute atomic E-state index is 0.0669. The van der Waals surface area contributed by atoms with Crippen LogP contribution in [-0.4, -0.2) is 49.0 Å². The molecule has 1 atom stereocenters. The first-order chi connectivity index (χ1) is 12.0. The molecule has 132 valence electrons. The van der Waals surface area contributed by atoms with E-state index in [2.05, 4.69) is 46.4 Å². The Hall–Kier alpha value is -2.40. The lowest BCUT2D eigenvalue weighted by molar-refractivity contribution is 0.0926. The molecule has 1 amide bonds. The monoisotopic (exact) mass is 338 g/mol. The van der Waals surface area contributed by atoms with Crippen LogP contribution in [0.4, 0.5) is 5.82 Å². The number of hydrogen-bond donors (Lipinski definition) is 1. The predicted molar refractivity (Wildman–Crippen MR) is 101 cm³/mol. The molecule has 0 saturated heterocycles. The van der Waals surface area contributed by atoms with Gasteiger partial charge in [0.1, 0.15) is 5.82 Å². The van der Waals surface area contributed by atoms with E-state index in [9.17, 15) is 4.79 Å². The van der Waals surface area contributed by atoms with Crippen LogP contribution >= 0.6 is 0 Å². The first kappa shape index (κ1) is 17.4. The Morgan fingerprint density at radius 2 is 2.00 bits per heavy atom. The highest BCUT2D eigenvalue weighted by molar-refractivity contribution is 5.94. The van der Waals surface area contributed by atoms with Gasteiger partial charge in [0, 0.05) is 46.0 Å². The Labute approximate surface area is 149 Å². The molecule has 25 heavy (non-hydrogen) atoms. The van der Waals surface area contributed by atoms with Gasteiger partial charge in [-0.3, -0.25) is 9.69 Å². The fraction of sp³-hybridized carbons (Fsp3) is 0.400.